The Bertz CT molecular complexity index is 561. The molecule has 0 saturated carbocycles. The van der Waals surface area contributed by atoms with Crippen LogP contribution in [-0.4, -0.2) is 0 Å². The zero-order chi connectivity index (χ0) is 13.5. The molecule has 4 heteroatoms. The van der Waals surface area contributed by atoms with Gasteiger partial charge in [0, 0.05) is 5.70 Å². The third-order valence-corrected chi connectivity index (χ3v) is 4.41. The van der Waals surface area contributed by atoms with Crippen LogP contribution in [-0.2, 0) is 5.54 Å². The zero-order valence-electron chi connectivity index (χ0n) is 10.4. The molecule has 0 radical (unpaired) electrons. The molecule has 1 aromatic rings. The van der Waals surface area contributed by atoms with Crippen molar-refractivity contribution >= 4 is 23.2 Å². The number of benzene rings is 1. The van der Waals surface area contributed by atoms with Crippen molar-refractivity contribution in [2.45, 2.75) is 25.8 Å². The number of nitrogens with two attached hydrogens (primary N) is 2. The summed E-state index contributed by atoms with van der Waals surface area (Å²) in [5.74, 6) is 0. The van der Waals surface area contributed by atoms with Crippen molar-refractivity contribution in [2.75, 3.05) is 0 Å². The standard InChI is InChI=1S/C14H16Cl2N2/c1-8-9(2)13(16)12(15)7-11(8)14(18)5-3-10(17)4-6-14/h3-5,7H,6,17-18H2,1-2H3. The average molecular weight is 283 g/mol. The Morgan fingerprint density at radius 3 is 2.44 bits per heavy atom. The first-order chi connectivity index (χ1) is 8.35. The maximum Gasteiger partial charge on any atom is 0.0638 e. The summed E-state index contributed by atoms with van der Waals surface area (Å²) in [5.41, 5.74) is 15.4. The minimum absolute atomic E-state index is 0.538. The SMILES string of the molecule is Cc1c(C2(N)C=CC(N)=CC2)cc(Cl)c(Cl)c1C. The minimum Gasteiger partial charge on any atom is -0.399 e. The van der Waals surface area contributed by atoms with Gasteiger partial charge in [-0.2, -0.15) is 0 Å². The third kappa shape index (κ3) is 2.16. The summed E-state index contributed by atoms with van der Waals surface area (Å²) >= 11 is 12.3. The molecule has 18 heavy (non-hydrogen) atoms. The van der Waals surface area contributed by atoms with Gasteiger partial charge in [-0.25, -0.2) is 0 Å². The van der Waals surface area contributed by atoms with Gasteiger partial charge in [-0.1, -0.05) is 35.4 Å². The Labute approximate surface area is 117 Å². The first-order valence-corrected chi connectivity index (χ1v) is 6.50. The van der Waals surface area contributed by atoms with Crippen molar-refractivity contribution < 1.29 is 0 Å². The van der Waals surface area contributed by atoms with Crippen LogP contribution in [0.3, 0.4) is 0 Å². The van der Waals surface area contributed by atoms with E-state index >= 15 is 0 Å². The molecule has 0 bridgehead atoms. The van der Waals surface area contributed by atoms with Crippen LogP contribution < -0.4 is 11.5 Å². The Kier molecular flexibility index (Phi) is 3.45. The highest BCUT2D eigenvalue weighted by atomic mass is 35.5. The van der Waals surface area contributed by atoms with Gasteiger partial charge in [0.05, 0.1) is 15.6 Å². The molecule has 2 rings (SSSR count). The van der Waals surface area contributed by atoms with Crippen molar-refractivity contribution in [1.29, 1.82) is 0 Å². The summed E-state index contributed by atoms with van der Waals surface area (Å²) in [6, 6.07) is 1.85. The molecule has 0 aliphatic heterocycles. The fraction of sp³-hybridized carbons (Fsp3) is 0.286. The van der Waals surface area contributed by atoms with E-state index in [0.29, 0.717) is 16.5 Å². The number of hydrogen-bond acceptors (Lipinski definition) is 2. The summed E-state index contributed by atoms with van der Waals surface area (Å²) in [4.78, 5) is 0. The molecule has 1 unspecified atom stereocenters. The van der Waals surface area contributed by atoms with Gasteiger partial charge >= 0.3 is 0 Å². The van der Waals surface area contributed by atoms with Crippen molar-refractivity contribution in [3.05, 3.63) is 56.7 Å². The highest BCUT2D eigenvalue weighted by molar-refractivity contribution is 6.42. The second kappa shape index (κ2) is 4.61. The highest BCUT2D eigenvalue weighted by Crippen LogP contribution is 2.37. The topological polar surface area (TPSA) is 52.0 Å². The van der Waals surface area contributed by atoms with Crippen molar-refractivity contribution in [2.24, 2.45) is 11.5 Å². The van der Waals surface area contributed by atoms with Gasteiger partial charge in [0.25, 0.3) is 0 Å². The highest BCUT2D eigenvalue weighted by Gasteiger charge is 2.28. The largest absolute Gasteiger partial charge is 0.399 e. The van der Waals surface area contributed by atoms with Crippen LogP contribution in [0, 0.1) is 13.8 Å². The molecular weight excluding hydrogens is 267 g/mol. The molecular formula is C14H16Cl2N2. The van der Waals surface area contributed by atoms with Gasteiger partial charge in [-0.05, 0) is 49.1 Å². The van der Waals surface area contributed by atoms with E-state index in [9.17, 15) is 0 Å². The molecule has 0 amide bonds. The fourth-order valence-corrected chi connectivity index (χ4v) is 2.64. The van der Waals surface area contributed by atoms with Gasteiger partial charge in [0.1, 0.15) is 0 Å². The summed E-state index contributed by atoms with van der Waals surface area (Å²) in [7, 11) is 0. The van der Waals surface area contributed by atoms with Gasteiger partial charge < -0.3 is 11.5 Å². The molecule has 0 heterocycles. The van der Waals surface area contributed by atoms with Crippen LogP contribution in [0.4, 0.5) is 0 Å². The van der Waals surface area contributed by atoms with Crippen LogP contribution in [0.1, 0.15) is 23.1 Å². The summed E-state index contributed by atoms with van der Waals surface area (Å²) in [5, 5.41) is 1.13. The average Bonchev–Trinajstić information content (AvgIpc) is 2.35. The molecule has 1 aliphatic rings. The maximum atomic E-state index is 6.44. The number of rotatable bonds is 1. The molecule has 4 N–H and O–H groups in total. The van der Waals surface area contributed by atoms with E-state index in [1.807, 2.05) is 38.1 Å². The van der Waals surface area contributed by atoms with E-state index in [4.69, 9.17) is 34.7 Å². The van der Waals surface area contributed by atoms with E-state index in [-0.39, 0.29) is 0 Å². The predicted molar refractivity (Wildman–Crippen MR) is 77.8 cm³/mol. The molecule has 0 aromatic heterocycles. The van der Waals surface area contributed by atoms with Gasteiger partial charge in [0.15, 0.2) is 0 Å². The molecule has 1 aliphatic carbocycles. The number of hydrogen-bond donors (Lipinski definition) is 2. The summed E-state index contributed by atoms with van der Waals surface area (Å²) in [6.45, 7) is 3.96. The van der Waals surface area contributed by atoms with Crippen LogP contribution in [0.25, 0.3) is 0 Å². The van der Waals surface area contributed by atoms with E-state index in [1.54, 1.807) is 0 Å². The Hall–Kier alpha value is -0.960. The molecule has 2 nitrogen and oxygen atoms in total. The molecule has 0 saturated heterocycles. The van der Waals surface area contributed by atoms with Crippen LogP contribution in [0.5, 0.6) is 0 Å². The third-order valence-electron chi connectivity index (χ3n) is 3.53. The van der Waals surface area contributed by atoms with Crippen LogP contribution >= 0.6 is 23.2 Å². The monoisotopic (exact) mass is 282 g/mol. The van der Waals surface area contributed by atoms with E-state index < -0.39 is 5.54 Å². The second-order valence-corrected chi connectivity index (χ2v) is 5.54. The Morgan fingerprint density at radius 2 is 1.89 bits per heavy atom. The summed E-state index contributed by atoms with van der Waals surface area (Å²) in [6.07, 6.45) is 6.35. The van der Waals surface area contributed by atoms with Crippen molar-refractivity contribution in [3.63, 3.8) is 0 Å². The lowest BCUT2D eigenvalue weighted by molar-refractivity contribution is 0.558. The number of halogens is 2. The minimum atomic E-state index is -0.564. The molecule has 0 spiro atoms. The quantitative estimate of drug-likeness (QED) is 0.827. The first kappa shape index (κ1) is 13.5. The lowest BCUT2D eigenvalue weighted by Gasteiger charge is -2.30. The van der Waals surface area contributed by atoms with Gasteiger partial charge in [-0.3, -0.25) is 0 Å². The predicted octanol–water partition coefficient (Wildman–Crippen LogP) is 3.57. The van der Waals surface area contributed by atoms with E-state index in [2.05, 4.69) is 0 Å². The Morgan fingerprint density at radius 1 is 1.22 bits per heavy atom. The van der Waals surface area contributed by atoms with E-state index in [1.165, 1.54) is 0 Å². The molecule has 1 atom stereocenters. The Balaban J connectivity index is 2.56. The van der Waals surface area contributed by atoms with Crippen LogP contribution in [0.2, 0.25) is 10.0 Å². The van der Waals surface area contributed by atoms with Gasteiger partial charge in [0.2, 0.25) is 0 Å². The second-order valence-electron chi connectivity index (χ2n) is 4.75. The lowest BCUT2D eigenvalue weighted by Crippen LogP contribution is -2.36. The van der Waals surface area contributed by atoms with Gasteiger partial charge in [-0.15, -0.1) is 0 Å². The van der Waals surface area contributed by atoms with E-state index in [0.717, 1.165) is 22.4 Å². The molecule has 1 aromatic carbocycles. The number of allylic oxidation sites excluding steroid dienone is 1. The zero-order valence-corrected chi connectivity index (χ0v) is 11.9. The fourth-order valence-electron chi connectivity index (χ4n) is 2.20. The van der Waals surface area contributed by atoms with Crippen molar-refractivity contribution in [3.8, 4) is 0 Å². The smallest absolute Gasteiger partial charge is 0.0638 e. The van der Waals surface area contributed by atoms with Crippen molar-refractivity contribution in [1.82, 2.24) is 0 Å². The first-order valence-electron chi connectivity index (χ1n) is 5.74. The van der Waals surface area contributed by atoms with Crippen LogP contribution in [0.15, 0.2) is 30.0 Å². The maximum absolute atomic E-state index is 6.44. The summed E-state index contributed by atoms with van der Waals surface area (Å²) < 4.78 is 0. The molecule has 0 fully saturated rings. The molecule has 96 valence electrons. The lowest BCUT2D eigenvalue weighted by atomic mass is 9.81. The normalized spacial score (nSPS) is 23.1.